The first-order chi connectivity index (χ1) is 6.27. The zero-order valence-corrected chi connectivity index (χ0v) is 8.30. The van der Waals surface area contributed by atoms with Crippen molar-refractivity contribution in [1.82, 2.24) is 20.2 Å². The molecule has 2 rings (SSSR count). The number of nitrogens with one attached hydrogen (secondary N) is 1. The van der Waals surface area contributed by atoms with Crippen molar-refractivity contribution in [3.8, 4) is 10.7 Å². The fraction of sp³-hybridized carbons (Fsp3) is 0.375. The average molecular weight is 194 g/mol. The van der Waals surface area contributed by atoms with Gasteiger partial charge in [-0.2, -0.15) is 5.10 Å². The van der Waals surface area contributed by atoms with Gasteiger partial charge in [0, 0.05) is 12.1 Å². The van der Waals surface area contributed by atoms with Gasteiger partial charge < -0.3 is 0 Å². The molecule has 0 radical (unpaired) electrons. The highest BCUT2D eigenvalue weighted by molar-refractivity contribution is 7.15. The third kappa shape index (κ3) is 1.60. The van der Waals surface area contributed by atoms with Crippen LogP contribution in [0.25, 0.3) is 10.7 Å². The highest BCUT2D eigenvalue weighted by atomic mass is 32.1. The van der Waals surface area contributed by atoms with Crippen molar-refractivity contribution >= 4 is 11.3 Å². The molecular weight excluding hydrogens is 184 g/mol. The summed E-state index contributed by atoms with van der Waals surface area (Å²) in [5.74, 6) is 1.27. The molecule has 1 N–H and O–H groups in total. The quantitative estimate of drug-likeness (QED) is 0.796. The van der Waals surface area contributed by atoms with Crippen LogP contribution in [0.2, 0.25) is 0 Å². The van der Waals surface area contributed by atoms with E-state index in [1.54, 1.807) is 11.3 Å². The average Bonchev–Trinajstić information content (AvgIpc) is 2.75. The topological polar surface area (TPSA) is 54.5 Å². The smallest absolute Gasteiger partial charge is 0.167 e. The first-order valence-electron chi connectivity index (χ1n) is 4.09. The van der Waals surface area contributed by atoms with Gasteiger partial charge in [0.1, 0.15) is 6.33 Å². The van der Waals surface area contributed by atoms with E-state index in [0.29, 0.717) is 5.92 Å². The standard InChI is InChI=1S/C8H10N4S/c1-5(2)8-9-3-6(13-8)7-10-4-11-12-7/h3-5H,1-2H3,(H,10,11,12). The van der Waals surface area contributed by atoms with Gasteiger partial charge in [-0.1, -0.05) is 13.8 Å². The maximum atomic E-state index is 4.30. The molecule has 13 heavy (non-hydrogen) atoms. The van der Waals surface area contributed by atoms with Crippen LogP contribution < -0.4 is 0 Å². The second-order valence-corrected chi connectivity index (χ2v) is 4.11. The molecule has 4 nitrogen and oxygen atoms in total. The van der Waals surface area contributed by atoms with Crippen molar-refractivity contribution in [3.63, 3.8) is 0 Å². The Morgan fingerprint density at radius 3 is 2.77 bits per heavy atom. The maximum Gasteiger partial charge on any atom is 0.167 e. The molecule has 5 heteroatoms. The van der Waals surface area contributed by atoms with Crippen LogP contribution >= 0.6 is 11.3 Å². The number of aromatic amines is 1. The molecule has 0 aliphatic carbocycles. The molecule has 0 saturated heterocycles. The van der Waals surface area contributed by atoms with Crippen LogP contribution in [-0.2, 0) is 0 Å². The van der Waals surface area contributed by atoms with Crippen molar-refractivity contribution in [3.05, 3.63) is 17.5 Å². The molecule has 0 fully saturated rings. The van der Waals surface area contributed by atoms with Crippen LogP contribution in [0.15, 0.2) is 12.5 Å². The van der Waals surface area contributed by atoms with Crippen LogP contribution in [0.3, 0.4) is 0 Å². The van der Waals surface area contributed by atoms with Gasteiger partial charge in [-0.25, -0.2) is 9.97 Å². The van der Waals surface area contributed by atoms with E-state index >= 15 is 0 Å². The van der Waals surface area contributed by atoms with E-state index in [1.807, 2.05) is 6.20 Å². The fourth-order valence-corrected chi connectivity index (χ4v) is 1.86. The Labute approximate surface area is 80.1 Å². The minimum Gasteiger partial charge on any atom is -0.259 e. The Morgan fingerprint density at radius 2 is 2.23 bits per heavy atom. The summed E-state index contributed by atoms with van der Waals surface area (Å²) in [4.78, 5) is 9.41. The SMILES string of the molecule is CC(C)c1ncc(-c2ncn[nH]2)s1. The Bertz CT molecular complexity index is 377. The molecule has 2 aromatic rings. The van der Waals surface area contributed by atoms with Gasteiger partial charge in [0.05, 0.1) is 9.88 Å². The Kier molecular flexibility index (Phi) is 2.10. The third-order valence-corrected chi connectivity index (χ3v) is 2.97. The van der Waals surface area contributed by atoms with Crippen molar-refractivity contribution < 1.29 is 0 Å². The van der Waals surface area contributed by atoms with E-state index in [2.05, 4.69) is 34.0 Å². The number of hydrogen-bond donors (Lipinski definition) is 1. The fourth-order valence-electron chi connectivity index (χ4n) is 0.988. The molecule has 0 aliphatic rings. The lowest BCUT2D eigenvalue weighted by molar-refractivity contribution is 0.852. The van der Waals surface area contributed by atoms with E-state index in [1.165, 1.54) is 6.33 Å². The normalized spacial score (nSPS) is 11.0. The summed E-state index contributed by atoms with van der Waals surface area (Å²) in [6.07, 6.45) is 3.34. The molecule has 2 heterocycles. The summed E-state index contributed by atoms with van der Waals surface area (Å²) < 4.78 is 0. The number of hydrogen-bond acceptors (Lipinski definition) is 4. The molecule has 2 aromatic heterocycles. The summed E-state index contributed by atoms with van der Waals surface area (Å²) in [5.41, 5.74) is 0. The van der Waals surface area contributed by atoms with E-state index < -0.39 is 0 Å². The molecule has 0 spiro atoms. The summed E-state index contributed by atoms with van der Waals surface area (Å²) in [6.45, 7) is 4.26. The second-order valence-electron chi connectivity index (χ2n) is 3.05. The molecule has 0 atom stereocenters. The Morgan fingerprint density at radius 1 is 1.38 bits per heavy atom. The zero-order valence-electron chi connectivity index (χ0n) is 7.48. The van der Waals surface area contributed by atoms with Gasteiger partial charge in [-0.3, -0.25) is 5.10 Å². The lowest BCUT2D eigenvalue weighted by atomic mass is 10.2. The van der Waals surface area contributed by atoms with Gasteiger partial charge in [-0.05, 0) is 0 Å². The molecule has 0 aliphatic heterocycles. The van der Waals surface area contributed by atoms with Crippen molar-refractivity contribution in [2.24, 2.45) is 0 Å². The summed E-state index contributed by atoms with van der Waals surface area (Å²) in [7, 11) is 0. The highest BCUT2D eigenvalue weighted by Crippen LogP contribution is 2.26. The second kappa shape index (κ2) is 3.26. The van der Waals surface area contributed by atoms with Gasteiger partial charge in [0.15, 0.2) is 5.82 Å². The van der Waals surface area contributed by atoms with Crippen molar-refractivity contribution in [2.45, 2.75) is 19.8 Å². The van der Waals surface area contributed by atoms with Gasteiger partial charge in [0.25, 0.3) is 0 Å². The Hall–Kier alpha value is -1.23. The lowest BCUT2D eigenvalue weighted by Gasteiger charge is -1.94. The third-order valence-electron chi connectivity index (χ3n) is 1.67. The predicted molar refractivity (Wildman–Crippen MR) is 51.6 cm³/mol. The minimum absolute atomic E-state index is 0.474. The van der Waals surface area contributed by atoms with Crippen LogP contribution in [0.1, 0.15) is 24.8 Å². The van der Waals surface area contributed by atoms with Crippen molar-refractivity contribution in [2.75, 3.05) is 0 Å². The van der Waals surface area contributed by atoms with E-state index in [-0.39, 0.29) is 0 Å². The summed E-state index contributed by atoms with van der Waals surface area (Å²) >= 11 is 1.65. The summed E-state index contributed by atoms with van der Waals surface area (Å²) in [6, 6.07) is 0. The maximum absolute atomic E-state index is 4.30. The molecule has 68 valence electrons. The lowest BCUT2D eigenvalue weighted by Crippen LogP contribution is -1.81. The molecule has 0 bridgehead atoms. The first-order valence-corrected chi connectivity index (χ1v) is 4.90. The van der Waals surface area contributed by atoms with Gasteiger partial charge in [-0.15, -0.1) is 11.3 Å². The molecule has 0 aromatic carbocycles. The van der Waals surface area contributed by atoms with Crippen LogP contribution in [0, 0.1) is 0 Å². The van der Waals surface area contributed by atoms with E-state index in [0.717, 1.165) is 15.7 Å². The number of thiazole rings is 1. The number of aromatic nitrogens is 4. The number of H-pyrrole nitrogens is 1. The zero-order chi connectivity index (χ0) is 9.26. The van der Waals surface area contributed by atoms with Gasteiger partial charge in [0.2, 0.25) is 0 Å². The highest BCUT2D eigenvalue weighted by Gasteiger charge is 2.08. The Balaban J connectivity index is 2.33. The molecule has 0 saturated carbocycles. The van der Waals surface area contributed by atoms with Gasteiger partial charge >= 0.3 is 0 Å². The van der Waals surface area contributed by atoms with Crippen LogP contribution in [-0.4, -0.2) is 20.2 Å². The monoisotopic (exact) mass is 194 g/mol. The van der Waals surface area contributed by atoms with E-state index in [4.69, 9.17) is 0 Å². The first kappa shape index (κ1) is 8.37. The molecule has 0 unspecified atom stereocenters. The number of rotatable bonds is 2. The van der Waals surface area contributed by atoms with Crippen LogP contribution in [0.4, 0.5) is 0 Å². The predicted octanol–water partition coefficient (Wildman–Crippen LogP) is 2.05. The summed E-state index contributed by atoms with van der Waals surface area (Å²) in [5, 5.41) is 7.74. The minimum atomic E-state index is 0.474. The van der Waals surface area contributed by atoms with E-state index in [9.17, 15) is 0 Å². The largest absolute Gasteiger partial charge is 0.259 e. The van der Waals surface area contributed by atoms with Crippen molar-refractivity contribution in [1.29, 1.82) is 0 Å². The molecule has 0 amide bonds. The van der Waals surface area contributed by atoms with Crippen LogP contribution in [0.5, 0.6) is 0 Å². The number of nitrogens with zero attached hydrogens (tertiary/aromatic N) is 3. The molecular formula is C8H10N4S.